The van der Waals surface area contributed by atoms with Crippen LogP contribution in [-0.4, -0.2) is 39.7 Å². The average molecular weight is 282 g/mol. The molecular formula is C12H14N2O6. The molecule has 108 valence electrons. The van der Waals surface area contributed by atoms with Gasteiger partial charge in [-0.25, -0.2) is 4.79 Å². The Kier molecular flexibility index (Phi) is 5.15. The smallest absolute Gasteiger partial charge is 0.332 e. The number of aryl methyl sites for hydroxylation is 1. The summed E-state index contributed by atoms with van der Waals surface area (Å²) in [5, 5.41) is 30.5. The van der Waals surface area contributed by atoms with Crippen molar-refractivity contribution < 1.29 is 24.7 Å². The number of hydrogen-bond donors (Lipinski definition) is 3. The summed E-state index contributed by atoms with van der Waals surface area (Å²) in [6, 6.07) is 3.92. The van der Waals surface area contributed by atoms with Crippen molar-refractivity contribution in [2.24, 2.45) is 0 Å². The van der Waals surface area contributed by atoms with Crippen molar-refractivity contribution in [1.29, 1.82) is 0 Å². The molecule has 1 atom stereocenters. The molecular weight excluding hydrogens is 268 g/mol. The van der Waals surface area contributed by atoms with Crippen LogP contribution in [0.25, 0.3) is 0 Å². The number of nitro groups is 1. The molecule has 0 spiro atoms. The van der Waals surface area contributed by atoms with Gasteiger partial charge in [0.05, 0.1) is 4.92 Å². The van der Waals surface area contributed by atoms with Gasteiger partial charge < -0.3 is 15.5 Å². The molecule has 0 aliphatic rings. The lowest BCUT2D eigenvalue weighted by Crippen LogP contribution is -2.30. The van der Waals surface area contributed by atoms with E-state index in [0.29, 0.717) is 5.56 Å². The number of nitrogens with zero attached hydrogens (tertiary/aromatic N) is 1. The number of aliphatic carboxylic acids is 1. The van der Waals surface area contributed by atoms with Crippen LogP contribution < -0.4 is 5.32 Å². The van der Waals surface area contributed by atoms with Gasteiger partial charge in [0, 0.05) is 30.2 Å². The summed E-state index contributed by atoms with van der Waals surface area (Å²) in [6.07, 6.45) is -1.65. The first-order valence-corrected chi connectivity index (χ1v) is 5.77. The first-order chi connectivity index (χ1) is 9.32. The second-order valence-corrected chi connectivity index (χ2v) is 4.16. The minimum Gasteiger partial charge on any atom is -0.479 e. The van der Waals surface area contributed by atoms with Gasteiger partial charge in [-0.15, -0.1) is 0 Å². The summed E-state index contributed by atoms with van der Waals surface area (Å²) >= 11 is 0. The summed E-state index contributed by atoms with van der Waals surface area (Å²) in [4.78, 5) is 32.2. The van der Waals surface area contributed by atoms with Gasteiger partial charge in [0.15, 0.2) is 6.10 Å². The highest BCUT2D eigenvalue weighted by Gasteiger charge is 2.15. The van der Waals surface area contributed by atoms with Crippen LogP contribution in [0.1, 0.15) is 22.3 Å². The molecule has 1 amide bonds. The van der Waals surface area contributed by atoms with E-state index in [9.17, 15) is 19.7 Å². The molecule has 20 heavy (non-hydrogen) atoms. The molecule has 0 fully saturated rings. The quantitative estimate of drug-likeness (QED) is 0.513. The normalized spacial score (nSPS) is 11.7. The minimum atomic E-state index is -1.53. The average Bonchev–Trinajstić information content (AvgIpc) is 2.37. The number of carboxylic acid groups (broad SMARTS) is 1. The number of hydrogen-bond acceptors (Lipinski definition) is 5. The van der Waals surface area contributed by atoms with Gasteiger partial charge in [0.2, 0.25) is 0 Å². The summed E-state index contributed by atoms with van der Waals surface area (Å²) in [5.41, 5.74) is 0.508. The maximum Gasteiger partial charge on any atom is 0.332 e. The maximum atomic E-state index is 11.7. The monoisotopic (exact) mass is 282 g/mol. The van der Waals surface area contributed by atoms with E-state index < -0.39 is 22.9 Å². The standard InChI is InChI=1S/C12H14N2O6/c1-7-6-8(2-3-9(7)14(19)20)11(16)13-5-4-10(15)12(17)18/h2-3,6,10,15H,4-5H2,1H3,(H,13,16)(H,17,18). The lowest BCUT2D eigenvalue weighted by Gasteiger charge is -2.08. The Labute approximate surface area is 114 Å². The number of nitro benzene ring substituents is 1. The number of carbonyl (C=O) groups excluding carboxylic acids is 1. The molecule has 0 aliphatic carbocycles. The SMILES string of the molecule is Cc1cc(C(=O)NCCC(O)C(=O)O)ccc1[N+](=O)[O-]. The van der Waals surface area contributed by atoms with Crippen LogP contribution in [-0.2, 0) is 4.79 Å². The first-order valence-electron chi connectivity index (χ1n) is 5.77. The number of rotatable bonds is 6. The fourth-order valence-corrected chi connectivity index (χ4v) is 1.55. The summed E-state index contributed by atoms with van der Waals surface area (Å²) in [7, 11) is 0. The lowest BCUT2D eigenvalue weighted by molar-refractivity contribution is -0.385. The molecule has 1 aromatic carbocycles. The van der Waals surface area contributed by atoms with Crippen molar-refractivity contribution in [2.75, 3.05) is 6.54 Å². The third kappa shape index (κ3) is 4.02. The zero-order chi connectivity index (χ0) is 15.3. The molecule has 1 rings (SSSR count). The second kappa shape index (κ2) is 6.62. The van der Waals surface area contributed by atoms with Crippen molar-refractivity contribution in [3.05, 3.63) is 39.4 Å². The van der Waals surface area contributed by atoms with Gasteiger partial charge in [-0.2, -0.15) is 0 Å². The predicted octanol–water partition coefficient (Wildman–Crippen LogP) is 0.469. The highest BCUT2D eigenvalue weighted by Crippen LogP contribution is 2.18. The van der Waals surface area contributed by atoms with Crippen LogP contribution >= 0.6 is 0 Å². The molecule has 8 heteroatoms. The zero-order valence-electron chi connectivity index (χ0n) is 10.7. The van der Waals surface area contributed by atoms with E-state index in [-0.39, 0.29) is 24.2 Å². The van der Waals surface area contributed by atoms with E-state index in [1.54, 1.807) is 0 Å². The third-order valence-corrected chi connectivity index (χ3v) is 2.64. The Bertz CT molecular complexity index is 543. The zero-order valence-corrected chi connectivity index (χ0v) is 10.7. The van der Waals surface area contributed by atoms with Gasteiger partial charge in [-0.3, -0.25) is 14.9 Å². The van der Waals surface area contributed by atoms with Crippen LogP contribution in [0.3, 0.4) is 0 Å². The lowest BCUT2D eigenvalue weighted by atomic mass is 10.1. The van der Waals surface area contributed by atoms with E-state index in [1.807, 2.05) is 0 Å². The number of aliphatic hydroxyl groups excluding tert-OH is 1. The van der Waals surface area contributed by atoms with Gasteiger partial charge in [-0.05, 0) is 19.1 Å². The molecule has 0 radical (unpaired) electrons. The minimum absolute atomic E-state index is 0.0116. The van der Waals surface area contributed by atoms with Crippen molar-refractivity contribution >= 4 is 17.6 Å². The number of aliphatic hydroxyl groups is 1. The molecule has 0 bridgehead atoms. The molecule has 0 saturated heterocycles. The van der Waals surface area contributed by atoms with Crippen LogP contribution in [0.2, 0.25) is 0 Å². The third-order valence-electron chi connectivity index (χ3n) is 2.64. The van der Waals surface area contributed by atoms with Crippen molar-refractivity contribution in [3.8, 4) is 0 Å². The van der Waals surface area contributed by atoms with E-state index >= 15 is 0 Å². The largest absolute Gasteiger partial charge is 0.479 e. The highest BCUT2D eigenvalue weighted by atomic mass is 16.6. The van der Waals surface area contributed by atoms with Crippen LogP contribution in [0, 0.1) is 17.0 Å². The van der Waals surface area contributed by atoms with Gasteiger partial charge >= 0.3 is 5.97 Å². The topological polar surface area (TPSA) is 130 Å². The van der Waals surface area contributed by atoms with Gasteiger partial charge in [-0.1, -0.05) is 0 Å². The second-order valence-electron chi connectivity index (χ2n) is 4.16. The number of carbonyl (C=O) groups is 2. The molecule has 0 aromatic heterocycles. The fraction of sp³-hybridized carbons (Fsp3) is 0.333. The Hall–Kier alpha value is -2.48. The molecule has 1 unspecified atom stereocenters. The molecule has 3 N–H and O–H groups in total. The molecule has 0 saturated carbocycles. The number of amides is 1. The highest BCUT2D eigenvalue weighted by molar-refractivity contribution is 5.94. The number of nitrogens with one attached hydrogen (secondary N) is 1. The Balaban J connectivity index is 2.62. The first kappa shape index (κ1) is 15.6. The van der Waals surface area contributed by atoms with E-state index in [4.69, 9.17) is 10.2 Å². The van der Waals surface area contributed by atoms with E-state index in [2.05, 4.69) is 5.32 Å². The molecule has 0 aliphatic heterocycles. The Morgan fingerprint density at radius 2 is 2.10 bits per heavy atom. The fourth-order valence-electron chi connectivity index (χ4n) is 1.55. The van der Waals surface area contributed by atoms with Crippen LogP contribution in [0.15, 0.2) is 18.2 Å². The summed E-state index contributed by atoms with van der Waals surface area (Å²) < 4.78 is 0. The Morgan fingerprint density at radius 1 is 1.45 bits per heavy atom. The van der Waals surface area contributed by atoms with E-state index in [0.717, 1.165) is 0 Å². The van der Waals surface area contributed by atoms with E-state index in [1.165, 1.54) is 25.1 Å². The van der Waals surface area contributed by atoms with Gasteiger partial charge in [0.1, 0.15) is 0 Å². The molecule has 8 nitrogen and oxygen atoms in total. The van der Waals surface area contributed by atoms with Crippen LogP contribution in [0.4, 0.5) is 5.69 Å². The summed E-state index contributed by atoms with van der Waals surface area (Å²) in [5.74, 6) is -1.84. The predicted molar refractivity (Wildman–Crippen MR) is 68.4 cm³/mol. The van der Waals surface area contributed by atoms with Crippen molar-refractivity contribution in [1.82, 2.24) is 5.32 Å². The Morgan fingerprint density at radius 3 is 2.60 bits per heavy atom. The maximum absolute atomic E-state index is 11.7. The number of carboxylic acids is 1. The van der Waals surface area contributed by atoms with Crippen LogP contribution in [0.5, 0.6) is 0 Å². The van der Waals surface area contributed by atoms with Crippen molar-refractivity contribution in [2.45, 2.75) is 19.4 Å². The summed E-state index contributed by atoms with van der Waals surface area (Å²) in [6.45, 7) is 1.51. The molecule has 1 aromatic rings. The van der Waals surface area contributed by atoms with Crippen molar-refractivity contribution in [3.63, 3.8) is 0 Å². The number of benzene rings is 1. The molecule has 0 heterocycles. The van der Waals surface area contributed by atoms with Gasteiger partial charge in [0.25, 0.3) is 11.6 Å².